The first-order valence-corrected chi connectivity index (χ1v) is 7.30. The number of carbonyl (C=O) groups excluding carboxylic acids is 1. The summed E-state index contributed by atoms with van der Waals surface area (Å²) in [6.45, 7) is 1.50. The van der Waals surface area contributed by atoms with Crippen LogP contribution in [0, 0.1) is 0 Å². The van der Waals surface area contributed by atoms with Crippen molar-refractivity contribution in [3.63, 3.8) is 0 Å². The first-order valence-electron chi connectivity index (χ1n) is 6.42. The number of thiazole rings is 1. The molecule has 0 aliphatic heterocycles. The molecule has 5 nitrogen and oxygen atoms in total. The van der Waals surface area contributed by atoms with Gasteiger partial charge in [0.2, 0.25) is 0 Å². The third-order valence-electron chi connectivity index (χ3n) is 2.91. The van der Waals surface area contributed by atoms with E-state index in [1.54, 1.807) is 5.38 Å². The monoisotopic (exact) mass is 290 g/mol. The van der Waals surface area contributed by atoms with E-state index in [-0.39, 0.29) is 5.91 Å². The minimum Gasteiger partial charge on any atom is -0.375 e. The Labute approximate surface area is 122 Å². The number of para-hydroxylation sites is 1. The van der Waals surface area contributed by atoms with Crippen molar-refractivity contribution in [2.75, 3.05) is 30.8 Å². The molecule has 0 saturated heterocycles. The lowest BCUT2D eigenvalue weighted by atomic mass is 10.3. The molecule has 1 heterocycles. The van der Waals surface area contributed by atoms with Gasteiger partial charge in [0, 0.05) is 31.2 Å². The molecule has 0 unspecified atom stereocenters. The van der Waals surface area contributed by atoms with Gasteiger partial charge >= 0.3 is 0 Å². The molecule has 106 valence electrons. The Morgan fingerprint density at radius 2 is 2.15 bits per heavy atom. The molecule has 0 bridgehead atoms. The summed E-state index contributed by atoms with van der Waals surface area (Å²) in [6, 6.07) is 10.2. The molecule has 2 rings (SSSR count). The van der Waals surface area contributed by atoms with Gasteiger partial charge in [-0.15, -0.1) is 11.3 Å². The standard InChI is InChI=1S/C14H18N4OS/c1-18(11-6-3-2-4-7-11)9-5-8-16-13(19)12-10-20-14(15)17-12/h2-4,6-7,10H,5,8-9H2,1H3,(H2,15,17)(H,16,19). The molecule has 0 fully saturated rings. The highest BCUT2D eigenvalue weighted by molar-refractivity contribution is 7.13. The molecule has 0 aliphatic rings. The van der Waals surface area contributed by atoms with Gasteiger partial charge in [-0.2, -0.15) is 0 Å². The number of amides is 1. The third-order valence-corrected chi connectivity index (χ3v) is 3.58. The van der Waals surface area contributed by atoms with Crippen LogP contribution < -0.4 is 16.0 Å². The van der Waals surface area contributed by atoms with Crippen molar-refractivity contribution >= 4 is 28.1 Å². The first kappa shape index (κ1) is 14.3. The summed E-state index contributed by atoms with van der Waals surface area (Å²) in [4.78, 5) is 17.8. The van der Waals surface area contributed by atoms with Crippen molar-refractivity contribution in [3.05, 3.63) is 41.4 Å². The number of nitrogen functional groups attached to an aromatic ring is 1. The summed E-state index contributed by atoms with van der Waals surface area (Å²) in [7, 11) is 2.04. The Bertz CT molecular complexity index is 555. The van der Waals surface area contributed by atoms with Crippen LogP contribution in [0.2, 0.25) is 0 Å². The maximum atomic E-state index is 11.7. The number of benzene rings is 1. The molecule has 3 N–H and O–H groups in total. The van der Waals surface area contributed by atoms with Crippen LogP contribution in [-0.4, -0.2) is 31.0 Å². The van der Waals surface area contributed by atoms with E-state index in [2.05, 4.69) is 27.3 Å². The fourth-order valence-corrected chi connectivity index (χ4v) is 2.36. The number of hydrogen-bond donors (Lipinski definition) is 2. The van der Waals surface area contributed by atoms with Crippen LogP contribution in [0.15, 0.2) is 35.7 Å². The van der Waals surface area contributed by atoms with Crippen molar-refractivity contribution in [1.29, 1.82) is 0 Å². The number of nitrogens with two attached hydrogens (primary N) is 1. The van der Waals surface area contributed by atoms with Gasteiger partial charge in [-0.3, -0.25) is 4.79 Å². The number of aromatic nitrogens is 1. The van der Waals surface area contributed by atoms with E-state index >= 15 is 0 Å². The van der Waals surface area contributed by atoms with Crippen LogP contribution in [0.3, 0.4) is 0 Å². The average Bonchev–Trinajstić information content (AvgIpc) is 2.91. The summed E-state index contributed by atoms with van der Waals surface area (Å²) in [6.07, 6.45) is 0.872. The lowest BCUT2D eigenvalue weighted by Crippen LogP contribution is -2.28. The van der Waals surface area contributed by atoms with Crippen molar-refractivity contribution in [2.45, 2.75) is 6.42 Å². The minimum absolute atomic E-state index is 0.166. The maximum absolute atomic E-state index is 11.7. The number of nitrogens with zero attached hydrogens (tertiary/aromatic N) is 2. The second-order valence-corrected chi connectivity index (χ2v) is 5.33. The van der Waals surface area contributed by atoms with E-state index in [9.17, 15) is 4.79 Å². The van der Waals surface area contributed by atoms with Gasteiger partial charge in [-0.25, -0.2) is 4.98 Å². The highest BCUT2D eigenvalue weighted by Crippen LogP contribution is 2.11. The Kier molecular flexibility index (Phi) is 4.95. The summed E-state index contributed by atoms with van der Waals surface area (Å²) < 4.78 is 0. The molecular weight excluding hydrogens is 272 g/mol. The lowest BCUT2D eigenvalue weighted by Gasteiger charge is -2.19. The zero-order valence-corrected chi connectivity index (χ0v) is 12.2. The van der Waals surface area contributed by atoms with E-state index in [0.29, 0.717) is 17.4 Å². The smallest absolute Gasteiger partial charge is 0.270 e. The predicted octanol–water partition coefficient (Wildman–Crippen LogP) is 1.98. The fraction of sp³-hybridized carbons (Fsp3) is 0.286. The molecule has 0 atom stereocenters. The molecule has 0 aliphatic carbocycles. The highest BCUT2D eigenvalue weighted by atomic mass is 32.1. The van der Waals surface area contributed by atoms with E-state index in [0.717, 1.165) is 13.0 Å². The van der Waals surface area contributed by atoms with E-state index in [1.165, 1.54) is 17.0 Å². The largest absolute Gasteiger partial charge is 0.375 e. The van der Waals surface area contributed by atoms with Gasteiger partial charge in [0.15, 0.2) is 5.13 Å². The van der Waals surface area contributed by atoms with Crippen molar-refractivity contribution in [1.82, 2.24) is 10.3 Å². The van der Waals surface area contributed by atoms with Crippen molar-refractivity contribution < 1.29 is 4.79 Å². The molecular formula is C14H18N4OS. The summed E-state index contributed by atoms with van der Waals surface area (Å²) >= 11 is 1.27. The zero-order chi connectivity index (χ0) is 14.4. The first-order chi connectivity index (χ1) is 9.66. The van der Waals surface area contributed by atoms with Crippen LogP contribution >= 0.6 is 11.3 Å². The van der Waals surface area contributed by atoms with Crippen molar-refractivity contribution in [3.8, 4) is 0 Å². The topological polar surface area (TPSA) is 71.2 Å². The fourth-order valence-electron chi connectivity index (χ4n) is 1.81. The summed E-state index contributed by atoms with van der Waals surface area (Å²) in [5.41, 5.74) is 7.06. The van der Waals surface area contributed by atoms with E-state index in [1.807, 2.05) is 25.2 Å². The zero-order valence-electron chi connectivity index (χ0n) is 11.4. The highest BCUT2D eigenvalue weighted by Gasteiger charge is 2.08. The number of carbonyl (C=O) groups is 1. The van der Waals surface area contributed by atoms with Crippen LogP contribution in [0.25, 0.3) is 0 Å². The Morgan fingerprint density at radius 3 is 2.80 bits per heavy atom. The number of hydrogen-bond acceptors (Lipinski definition) is 5. The summed E-state index contributed by atoms with van der Waals surface area (Å²) in [5, 5.41) is 4.93. The van der Waals surface area contributed by atoms with Crippen molar-refractivity contribution in [2.24, 2.45) is 0 Å². The van der Waals surface area contributed by atoms with E-state index < -0.39 is 0 Å². The Morgan fingerprint density at radius 1 is 1.40 bits per heavy atom. The molecule has 1 aromatic carbocycles. The Balaban J connectivity index is 1.70. The lowest BCUT2D eigenvalue weighted by molar-refractivity contribution is 0.0949. The minimum atomic E-state index is -0.166. The number of anilines is 2. The molecule has 0 spiro atoms. The molecule has 6 heteroatoms. The second-order valence-electron chi connectivity index (χ2n) is 4.44. The maximum Gasteiger partial charge on any atom is 0.270 e. The number of nitrogens with one attached hydrogen (secondary N) is 1. The normalized spacial score (nSPS) is 10.2. The van der Waals surface area contributed by atoms with Gasteiger partial charge in [0.05, 0.1) is 0 Å². The van der Waals surface area contributed by atoms with Gasteiger partial charge in [0.1, 0.15) is 5.69 Å². The van der Waals surface area contributed by atoms with Gasteiger partial charge in [-0.1, -0.05) is 18.2 Å². The van der Waals surface area contributed by atoms with Crippen LogP contribution in [-0.2, 0) is 0 Å². The average molecular weight is 290 g/mol. The second kappa shape index (κ2) is 6.91. The molecule has 0 saturated carbocycles. The summed E-state index contributed by atoms with van der Waals surface area (Å²) in [5.74, 6) is -0.166. The van der Waals surface area contributed by atoms with Crippen LogP contribution in [0.4, 0.5) is 10.8 Å². The SMILES string of the molecule is CN(CCCNC(=O)c1csc(N)n1)c1ccccc1. The van der Waals surface area contributed by atoms with Gasteiger partial charge < -0.3 is 16.0 Å². The molecule has 2 aromatic rings. The van der Waals surface area contributed by atoms with Gasteiger partial charge in [-0.05, 0) is 18.6 Å². The van der Waals surface area contributed by atoms with E-state index in [4.69, 9.17) is 5.73 Å². The Hall–Kier alpha value is -2.08. The molecule has 20 heavy (non-hydrogen) atoms. The number of rotatable bonds is 6. The van der Waals surface area contributed by atoms with Crippen LogP contribution in [0.1, 0.15) is 16.9 Å². The molecule has 1 aromatic heterocycles. The van der Waals surface area contributed by atoms with Gasteiger partial charge in [0.25, 0.3) is 5.91 Å². The molecule has 1 amide bonds. The van der Waals surface area contributed by atoms with Crippen LogP contribution in [0.5, 0.6) is 0 Å². The molecule has 0 radical (unpaired) electrons. The third kappa shape index (κ3) is 3.96. The predicted molar refractivity (Wildman–Crippen MR) is 83.2 cm³/mol. The quantitative estimate of drug-likeness (QED) is 0.798.